The number of fused-ring (bicyclic) bond motifs is 1. The van der Waals surface area contributed by atoms with E-state index in [0.29, 0.717) is 16.9 Å². The number of nitriles is 3. The molecule has 0 aliphatic rings. The highest BCUT2D eigenvalue weighted by Gasteiger charge is 2.21. The minimum Gasteiger partial charge on any atom is -0.478 e. The van der Waals surface area contributed by atoms with Gasteiger partial charge in [0.1, 0.15) is 23.8 Å². The van der Waals surface area contributed by atoms with Crippen LogP contribution in [-0.4, -0.2) is 31.3 Å². The molecule has 1 unspecified atom stereocenters. The molecular formula is C21H14N8O. The summed E-state index contributed by atoms with van der Waals surface area (Å²) < 4.78 is 7.18. The number of aromatic amines is 1. The molecule has 0 bridgehead atoms. The number of benzene rings is 1. The molecule has 9 heteroatoms. The summed E-state index contributed by atoms with van der Waals surface area (Å²) >= 11 is 0. The number of hydrogen-bond donors (Lipinski definition) is 1. The van der Waals surface area contributed by atoms with E-state index in [4.69, 9.17) is 10.00 Å². The Morgan fingerprint density at radius 1 is 1.13 bits per heavy atom. The Kier molecular flexibility index (Phi) is 5.06. The van der Waals surface area contributed by atoms with Gasteiger partial charge in [-0.15, -0.1) is 0 Å². The van der Waals surface area contributed by atoms with Gasteiger partial charge in [0.05, 0.1) is 42.1 Å². The van der Waals surface area contributed by atoms with Crippen LogP contribution in [0.1, 0.15) is 23.6 Å². The Bertz CT molecular complexity index is 1330. The second-order valence-corrected chi connectivity index (χ2v) is 6.36. The fraction of sp³-hybridized carbons (Fsp3) is 0.143. The van der Waals surface area contributed by atoms with Crippen molar-refractivity contribution < 1.29 is 4.74 Å². The smallest absolute Gasteiger partial charge is 0.174 e. The van der Waals surface area contributed by atoms with Gasteiger partial charge < -0.3 is 9.72 Å². The fourth-order valence-corrected chi connectivity index (χ4v) is 3.29. The van der Waals surface area contributed by atoms with Crippen LogP contribution in [0.25, 0.3) is 22.3 Å². The molecule has 3 aromatic heterocycles. The van der Waals surface area contributed by atoms with Crippen molar-refractivity contribution in [3.63, 3.8) is 0 Å². The molecule has 1 aromatic carbocycles. The van der Waals surface area contributed by atoms with Gasteiger partial charge >= 0.3 is 0 Å². The molecule has 4 aromatic rings. The van der Waals surface area contributed by atoms with E-state index >= 15 is 0 Å². The van der Waals surface area contributed by atoms with Gasteiger partial charge in [0.2, 0.25) is 0 Å². The number of nitrogens with zero attached hydrogens (tertiary/aromatic N) is 7. The standard InChI is InChI=1S/C21H14N8O/c22-5-3-18(17-9-14(10-24)1-2-19(17)30-8-6-23)29-12-15(11-28-29)20-16-4-7-25-21(16)27-13-26-20/h1-2,4,7,9,11-13,18H,3,8H2,(H,25,26,27). The van der Waals surface area contributed by atoms with Gasteiger partial charge in [0.25, 0.3) is 0 Å². The van der Waals surface area contributed by atoms with Gasteiger partial charge in [-0.25, -0.2) is 9.97 Å². The lowest BCUT2D eigenvalue weighted by Gasteiger charge is -2.18. The summed E-state index contributed by atoms with van der Waals surface area (Å²) in [5, 5.41) is 32.9. The van der Waals surface area contributed by atoms with Crippen LogP contribution in [-0.2, 0) is 0 Å². The quantitative estimate of drug-likeness (QED) is 0.530. The van der Waals surface area contributed by atoms with E-state index < -0.39 is 6.04 Å². The largest absolute Gasteiger partial charge is 0.478 e. The number of hydrogen-bond acceptors (Lipinski definition) is 7. The monoisotopic (exact) mass is 394 g/mol. The molecule has 1 atom stereocenters. The molecule has 0 amide bonds. The van der Waals surface area contributed by atoms with Gasteiger partial charge in [-0.05, 0) is 24.3 Å². The normalized spacial score (nSPS) is 11.4. The summed E-state index contributed by atoms with van der Waals surface area (Å²) in [4.78, 5) is 11.6. The lowest BCUT2D eigenvalue weighted by molar-refractivity contribution is 0.356. The van der Waals surface area contributed by atoms with Gasteiger partial charge in [-0.2, -0.15) is 20.9 Å². The highest BCUT2D eigenvalue weighted by atomic mass is 16.5. The first-order chi connectivity index (χ1) is 14.7. The van der Waals surface area contributed by atoms with Crippen LogP contribution in [0.2, 0.25) is 0 Å². The number of nitrogens with one attached hydrogen (secondary N) is 1. The third-order valence-corrected chi connectivity index (χ3v) is 4.62. The lowest BCUT2D eigenvalue weighted by Crippen LogP contribution is -2.13. The zero-order valence-corrected chi connectivity index (χ0v) is 15.6. The number of ether oxygens (including phenoxy) is 1. The maximum atomic E-state index is 9.42. The van der Waals surface area contributed by atoms with E-state index in [-0.39, 0.29) is 13.0 Å². The highest BCUT2D eigenvalue weighted by Crippen LogP contribution is 2.33. The Hall–Kier alpha value is -4.68. The van der Waals surface area contributed by atoms with Crippen LogP contribution in [0.15, 0.2) is 49.2 Å². The predicted molar refractivity (Wildman–Crippen MR) is 106 cm³/mol. The maximum absolute atomic E-state index is 9.42. The molecule has 1 N–H and O–H groups in total. The summed E-state index contributed by atoms with van der Waals surface area (Å²) in [6, 6.07) is 12.5. The highest BCUT2D eigenvalue weighted by molar-refractivity contribution is 5.89. The Morgan fingerprint density at radius 2 is 2.03 bits per heavy atom. The molecule has 0 aliphatic carbocycles. The van der Waals surface area contributed by atoms with Gasteiger partial charge in [0.15, 0.2) is 6.61 Å². The van der Waals surface area contributed by atoms with Crippen LogP contribution in [0.5, 0.6) is 5.75 Å². The van der Waals surface area contributed by atoms with Crippen molar-refractivity contribution in [2.45, 2.75) is 12.5 Å². The molecule has 4 rings (SSSR count). The van der Waals surface area contributed by atoms with Crippen molar-refractivity contribution in [3.05, 3.63) is 60.3 Å². The molecule has 0 radical (unpaired) electrons. The second-order valence-electron chi connectivity index (χ2n) is 6.36. The van der Waals surface area contributed by atoms with Crippen molar-refractivity contribution in [1.29, 1.82) is 15.8 Å². The van der Waals surface area contributed by atoms with Crippen LogP contribution < -0.4 is 4.74 Å². The average Bonchev–Trinajstić information content (AvgIpc) is 3.45. The zero-order chi connectivity index (χ0) is 20.9. The molecule has 0 saturated heterocycles. The third kappa shape index (κ3) is 3.42. The van der Waals surface area contributed by atoms with E-state index in [9.17, 15) is 10.5 Å². The molecule has 0 aliphatic heterocycles. The summed E-state index contributed by atoms with van der Waals surface area (Å²) in [5.41, 5.74) is 3.23. The molecule has 0 fully saturated rings. The Balaban J connectivity index is 1.79. The van der Waals surface area contributed by atoms with Crippen molar-refractivity contribution in [3.8, 4) is 35.2 Å². The first-order valence-corrected chi connectivity index (χ1v) is 8.98. The summed E-state index contributed by atoms with van der Waals surface area (Å²) in [6.07, 6.45) is 6.83. The van der Waals surface area contributed by atoms with E-state index in [1.165, 1.54) is 6.33 Å². The molecule has 0 saturated carbocycles. The van der Waals surface area contributed by atoms with Crippen LogP contribution in [0.4, 0.5) is 0 Å². The average molecular weight is 394 g/mol. The molecule has 3 heterocycles. The maximum Gasteiger partial charge on any atom is 0.174 e. The Morgan fingerprint density at radius 3 is 2.83 bits per heavy atom. The first-order valence-electron chi connectivity index (χ1n) is 8.98. The summed E-state index contributed by atoms with van der Waals surface area (Å²) in [7, 11) is 0. The Labute approximate surface area is 171 Å². The summed E-state index contributed by atoms with van der Waals surface area (Å²) in [6.45, 7) is -0.144. The van der Waals surface area contributed by atoms with Gasteiger partial charge in [0, 0.05) is 28.9 Å². The number of aromatic nitrogens is 5. The minimum atomic E-state index is -0.505. The van der Waals surface area contributed by atoms with Crippen molar-refractivity contribution in [2.75, 3.05) is 6.61 Å². The van der Waals surface area contributed by atoms with E-state index in [1.807, 2.05) is 12.1 Å². The van der Waals surface area contributed by atoms with Crippen molar-refractivity contribution in [1.82, 2.24) is 24.7 Å². The molecular weight excluding hydrogens is 380 g/mol. The molecule has 9 nitrogen and oxygen atoms in total. The van der Waals surface area contributed by atoms with Crippen molar-refractivity contribution >= 4 is 11.0 Å². The molecule has 0 spiro atoms. The number of H-pyrrole nitrogens is 1. The topological polar surface area (TPSA) is 140 Å². The van der Waals surface area contributed by atoms with Crippen molar-refractivity contribution in [2.24, 2.45) is 0 Å². The third-order valence-electron chi connectivity index (χ3n) is 4.62. The van der Waals surface area contributed by atoms with Crippen LogP contribution >= 0.6 is 0 Å². The van der Waals surface area contributed by atoms with Crippen LogP contribution in [0, 0.1) is 34.0 Å². The van der Waals surface area contributed by atoms with Gasteiger partial charge in [-0.3, -0.25) is 4.68 Å². The summed E-state index contributed by atoms with van der Waals surface area (Å²) in [5.74, 6) is 0.433. The second kappa shape index (κ2) is 8.14. The van der Waals surface area contributed by atoms with E-state index in [2.05, 4.69) is 32.2 Å². The van der Waals surface area contributed by atoms with E-state index in [1.54, 1.807) is 41.5 Å². The SMILES string of the molecule is N#CCOc1ccc(C#N)cc1C(CC#N)n1cc(-c2ncnc3[nH]ccc23)cn1. The minimum absolute atomic E-state index is 0.0995. The van der Waals surface area contributed by atoms with Crippen LogP contribution in [0.3, 0.4) is 0 Å². The van der Waals surface area contributed by atoms with Gasteiger partial charge in [-0.1, -0.05) is 0 Å². The first kappa shape index (κ1) is 18.7. The lowest BCUT2D eigenvalue weighted by atomic mass is 10.0. The fourth-order valence-electron chi connectivity index (χ4n) is 3.29. The zero-order valence-electron chi connectivity index (χ0n) is 15.6. The molecule has 144 valence electrons. The number of rotatable bonds is 6. The predicted octanol–water partition coefficient (Wildman–Crippen LogP) is 3.10. The molecule has 30 heavy (non-hydrogen) atoms. The van der Waals surface area contributed by atoms with E-state index in [0.717, 1.165) is 22.3 Å².